The third-order valence-electron chi connectivity index (χ3n) is 3.43. The van der Waals surface area contributed by atoms with Crippen LogP contribution in [0.3, 0.4) is 0 Å². The van der Waals surface area contributed by atoms with Crippen LogP contribution >= 0.6 is 11.6 Å². The van der Waals surface area contributed by atoms with Gasteiger partial charge in [0.1, 0.15) is 0 Å². The Hall–Kier alpha value is -1.36. The molecule has 2 saturated heterocycles. The van der Waals surface area contributed by atoms with Gasteiger partial charge in [0.2, 0.25) is 5.91 Å². The zero-order valence-electron chi connectivity index (χ0n) is 9.34. The molecule has 0 radical (unpaired) electrons. The smallest absolute Gasteiger partial charge is 0.223 e. The Bertz CT molecular complexity index is 453. The van der Waals surface area contributed by atoms with E-state index in [-0.39, 0.29) is 5.91 Å². The monoisotopic (exact) mass is 252 g/mol. The highest BCUT2D eigenvalue weighted by Gasteiger charge is 2.36. The first kappa shape index (κ1) is 10.8. The van der Waals surface area contributed by atoms with Crippen molar-refractivity contribution in [2.24, 2.45) is 0 Å². The van der Waals surface area contributed by atoms with Crippen molar-refractivity contribution in [1.82, 2.24) is 14.9 Å². The molecule has 17 heavy (non-hydrogen) atoms. The second-order valence-electron chi connectivity index (χ2n) is 4.40. The second-order valence-corrected chi connectivity index (χ2v) is 4.75. The van der Waals surface area contributed by atoms with E-state index >= 15 is 0 Å². The Morgan fingerprint density at radius 2 is 2.12 bits per heavy atom. The molecular formula is C11H13ClN4O. The molecule has 90 valence electrons. The standard InChI is InChI=1S/C11H13ClN4O/c12-10-11(14-4-3-13-10)15-5-6-16-8(7-15)1-2-9(16)17/h3-4,8H,1-2,5-7H2. The first-order valence-corrected chi connectivity index (χ1v) is 6.14. The Labute approximate surface area is 104 Å². The summed E-state index contributed by atoms with van der Waals surface area (Å²) in [7, 11) is 0. The molecule has 2 aliphatic rings. The summed E-state index contributed by atoms with van der Waals surface area (Å²) in [6.07, 6.45) is 4.84. The first-order valence-electron chi connectivity index (χ1n) is 5.76. The van der Waals surface area contributed by atoms with E-state index in [1.807, 2.05) is 4.90 Å². The number of hydrogen-bond donors (Lipinski definition) is 0. The third kappa shape index (κ3) is 1.84. The number of amides is 1. The fourth-order valence-electron chi connectivity index (χ4n) is 2.58. The van der Waals surface area contributed by atoms with E-state index in [1.165, 1.54) is 0 Å². The number of anilines is 1. The van der Waals surface area contributed by atoms with Crippen molar-refractivity contribution in [1.29, 1.82) is 0 Å². The van der Waals surface area contributed by atoms with Crippen LogP contribution in [-0.2, 0) is 4.79 Å². The summed E-state index contributed by atoms with van der Waals surface area (Å²) >= 11 is 6.03. The third-order valence-corrected chi connectivity index (χ3v) is 3.70. The molecule has 2 fully saturated rings. The molecule has 0 spiro atoms. The average Bonchev–Trinajstić information content (AvgIpc) is 2.71. The number of nitrogens with zero attached hydrogens (tertiary/aromatic N) is 4. The zero-order valence-corrected chi connectivity index (χ0v) is 10.1. The van der Waals surface area contributed by atoms with Gasteiger partial charge in [0.15, 0.2) is 11.0 Å². The summed E-state index contributed by atoms with van der Waals surface area (Å²) in [6, 6.07) is 0.314. The normalized spacial score (nSPS) is 24.1. The Morgan fingerprint density at radius 3 is 2.94 bits per heavy atom. The minimum Gasteiger partial charge on any atom is -0.350 e. The molecule has 3 heterocycles. The molecule has 1 unspecified atom stereocenters. The Balaban J connectivity index is 1.80. The lowest BCUT2D eigenvalue weighted by molar-refractivity contribution is -0.129. The number of carbonyl (C=O) groups excluding carboxylic acids is 1. The van der Waals surface area contributed by atoms with E-state index < -0.39 is 0 Å². The number of aromatic nitrogens is 2. The lowest BCUT2D eigenvalue weighted by atomic mass is 10.1. The van der Waals surface area contributed by atoms with Crippen LogP contribution in [0.15, 0.2) is 12.4 Å². The fourth-order valence-corrected chi connectivity index (χ4v) is 2.81. The molecule has 1 amide bonds. The van der Waals surface area contributed by atoms with Gasteiger partial charge in [-0.1, -0.05) is 11.6 Å². The maximum Gasteiger partial charge on any atom is 0.223 e. The van der Waals surface area contributed by atoms with E-state index in [1.54, 1.807) is 12.4 Å². The zero-order chi connectivity index (χ0) is 11.8. The summed E-state index contributed by atoms with van der Waals surface area (Å²) < 4.78 is 0. The molecule has 0 aromatic carbocycles. The van der Waals surface area contributed by atoms with Gasteiger partial charge < -0.3 is 9.80 Å². The van der Waals surface area contributed by atoms with Gasteiger partial charge >= 0.3 is 0 Å². The number of rotatable bonds is 1. The largest absolute Gasteiger partial charge is 0.350 e. The molecule has 0 bridgehead atoms. The van der Waals surface area contributed by atoms with E-state index in [2.05, 4.69) is 14.9 Å². The van der Waals surface area contributed by atoms with Crippen molar-refractivity contribution < 1.29 is 4.79 Å². The molecule has 0 N–H and O–H groups in total. The number of carbonyl (C=O) groups is 1. The highest BCUT2D eigenvalue weighted by molar-refractivity contribution is 6.31. The van der Waals surface area contributed by atoms with Gasteiger partial charge in [-0.3, -0.25) is 4.79 Å². The SMILES string of the molecule is O=C1CCC2CN(c3nccnc3Cl)CCN12. The highest BCUT2D eigenvalue weighted by atomic mass is 35.5. The molecule has 1 aromatic heterocycles. The van der Waals surface area contributed by atoms with Crippen molar-refractivity contribution in [3.8, 4) is 0 Å². The van der Waals surface area contributed by atoms with Gasteiger partial charge in [-0.25, -0.2) is 9.97 Å². The maximum absolute atomic E-state index is 11.6. The van der Waals surface area contributed by atoms with Crippen LogP contribution in [0.2, 0.25) is 5.15 Å². The highest BCUT2D eigenvalue weighted by Crippen LogP contribution is 2.27. The quantitative estimate of drug-likeness (QED) is 0.747. The lowest BCUT2D eigenvalue weighted by Crippen LogP contribution is -2.51. The van der Waals surface area contributed by atoms with Gasteiger partial charge in [0, 0.05) is 44.5 Å². The topological polar surface area (TPSA) is 49.3 Å². The predicted octanol–water partition coefficient (Wildman–Crippen LogP) is 0.941. The first-order chi connectivity index (χ1) is 8.25. The van der Waals surface area contributed by atoms with Crippen LogP contribution in [0.1, 0.15) is 12.8 Å². The molecule has 0 aliphatic carbocycles. The summed E-state index contributed by atoms with van der Waals surface area (Å²) in [4.78, 5) is 24.0. The molecule has 1 aromatic rings. The minimum atomic E-state index is 0.278. The van der Waals surface area contributed by atoms with Crippen LogP contribution < -0.4 is 4.90 Å². The fraction of sp³-hybridized carbons (Fsp3) is 0.545. The van der Waals surface area contributed by atoms with E-state index in [0.29, 0.717) is 17.6 Å². The summed E-state index contributed by atoms with van der Waals surface area (Å²) in [5.74, 6) is 1.01. The van der Waals surface area contributed by atoms with E-state index in [0.717, 1.165) is 31.9 Å². The van der Waals surface area contributed by atoms with Crippen LogP contribution in [-0.4, -0.2) is 46.5 Å². The molecule has 5 nitrogen and oxygen atoms in total. The molecule has 0 saturated carbocycles. The van der Waals surface area contributed by atoms with Crippen LogP contribution in [0.5, 0.6) is 0 Å². The number of piperazine rings is 1. The van der Waals surface area contributed by atoms with Crippen LogP contribution in [0.25, 0.3) is 0 Å². The van der Waals surface area contributed by atoms with Crippen LogP contribution in [0, 0.1) is 0 Å². The van der Waals surface area contributed by atoms with Gasteiger partial charge in [0.25, 0.3) is 0 Å². The molecule has 3 rings (SSSR count). The van der Waals surface area contributed by atoms with Gasteiger partial charge in [-0.15, -0.1) is 0 Å². The van der Waals surface area contributed by atoms with Gasteiger partial charge in [-0.2, -0.15) is 0 Å². The van der Waals surface area contributed by atoms with Gasteiger partial charge in [-0.05, 0) is 6.42 Å². The summed E-state index contributed by atoms with van der Waals surface area (Å²) in [5.41, 5.74) is 0. The van der Waals surface area contributed by atoms with Crippen LogP contribution in [0.4, 0.5) is 5.82 Å². The number of fused-ring (bicyclic) bond motifs is 1. The van der Waals surface area contributed by atoms with Gasteiger partial charge in [0.05, 0.1) is 0 Å². The predicted molar refractivity (Wildman–Crippen MR) is 64.0 cm³/mol. The average molecular weight is 253 g/mol. The number of halogens is 1. The van der Waals surface area contributed by atoms with E-state index in [4.69, 9.17) is 11.6 Å². The van der Waals surface area contributed by atoms with Crippen molar-refractivity contribution in [3.63, 3.8) is 0 Å². The Morgan fingerprint density at radius 1 is 1.29 bits per heavy atom. The molecule has 1 atom stereocenters. The summed E-state index contributed by atoms with van der Waals surface area (Å²) in [6.45, 7) is 2.35. The summed E-state index contributed by atoms with van der Waals surface area (Å²) in [5, 5.41) is 0.435. The molecular weight excluding hydrogens is 240 g/mol. The van der Waals surface area contributed by atoms with Crippen molar-refractivity contribution >= 4 is 23.3 Å². The van der Waals surface area contributed by atoms with Crippen molar-refractivity contribution in [3.05, 3.63) is 17.5 Å². The second kappa shape index (κ2) is 4.14. The molecule has 2 aliphatic heterocycles. The molecule has 6 heteroatoms. The minimum absolute atomic E-state index is 0.278. The maximum atomic E-state index is 11.6. The van der Waals surface area contributed by atoms with Crippen molar-refractivity contribution in [2.75, 3.05) is 24.5 Å². The van der Waals surface area contributed by atoms with E-state index in [9.17, 15) is 4.79 Å². The lowest BCUT2D eigenvalue weighted by Gasteiger charge is -2.38. The Kier molecular flexibility index (Phi) is 2.63. The van der Waals surface area contributed by atoms with Crippen molar-refractivity contribution in [2.45, 2.75) is 18.9 Å². The number of hydrogen-bond acceptors (Lipinski definition) is 4.